The molecule has 0 bridgehead atoms. The predicted molar refractivity (Wildman–Crippen MR) is 116 cm³/mol. The lowest BCUT2D eigenvalue weighted by Crippen LogP contribution is -2.45. The van der Waals surface area contributed by atoms with Crippen molar-refractivity contribution in [2.24, 2.45) is 11.7 Å². The summed E-state index contributed by atoms with van der Waals surface area (Å²) in [7, 11) is 1.65. The SMILES string of the molecule is COc1ccc(-c2cc(C(=O)N3CCCC(C(C)N)C3)c3ccccc3n2)cc1. The quantitative estimate of drug-likeness (QED) is 0.729. The van der Waals surface area contributed by atoms with E-state index >= 15 is 0 Å². The summed E-state index contributed by atoms with van der Waals surface area (Å²) in [4.78, 5) is 20.3. The zero-order valence-electron chi connectivity index (χ0n) is 17.0. The van der Waals surface area contributed by atoms with Crippen LogP contribution in [0.25, 0.3) is 22.2 Å². The van der Waals surface area contributed by atoms with E-state index in [-0.39, 0.29) is 11.9 Å². The molecule has 29 heavy (non-hydrogen) atoms. The van der Waals surface area contributed by atoms with E-state index in [4.69, 9.17) is 15.5 Å². The molecule has 1 aliphatic heterocycles. The lowest BCUT2D eigenvalue weighted by molar-refractivity contribution is 0.0663. The molecule has 2 unspecified atom stereocenters. The Morgan fingerprint density at radius 3 is 2.69 bits per heavy atom. The number of methoxy groups -OCH3 is 1. The zero-order chi connectivity index (χ0) is 20.4. The van der Waals surface area contributed by atoms with Gasteiger partial charge in [0.15, 0.2) is 0 Å². The van der Waals surface area contributed by atoms with Gasteiger partial charge in [-0.3, -0.25) is 4.79 Å². The van der Waals surface area contributed by atoms with Crippen molar-refractivity contribution < 1.29 is 9.53 Å². The molecule has 5 nitrogen and oxygen atoms in total. The van der Waals surface area contributed by atoms with Crippen LogP contribution in [0.1, 0.15) is 30.1 Å². The van der Waals surface area contributed by atoms with Crippen molar-refractivity contribution in [2.45, 2.75) is 25.8 Å². The standard InChI is InChI=1S/C24H27N3O2/c1-16(25)18-6-5-13-27(15-18)24(28)21-14-23(17-9-11-19(29-2)12-10-17)26-22-8-4-3-7-20(21)22/h3-4,7-12,14,16,18H,5-6,13,15,25H2,1-2H3. The maximum absolute atomic E-state index is 13.5. The van der Waals surface area contributed by atoms with Crippen molar-refractivity contribution in [3.05, 3.63) is 60.2 Å². The topological polar surface area (TPSA) is 68.5 Å². The molecular formula is C24H27N3O2. The molecule has 2 atom stereocenters. The van der Waals surface area contributed by atoms with Gasteiger partial charge in [-0.1, -0.05) is 18.2 Å². The van der Waals surface area contributed by atoms with Crippen molar-refractivity contribution in [2.75, 3.05) is 20.2 Å². The highest BCUT2D eigenvalue weighted by atomic mass is 16.5. The number of rotatable bonds is 4. The van der Waals surface area contributed by atoms with Crippen molar-refractivity contribution in [3.63, 3.8) is 0 Å². The van der Waals surface area contributed by atoms with Gasteiger partial charge in [-0.2, -0.15) is 0 Å². The van der Waals surface area contributed by atoms with Gasteiger partial charge in [-0.05, 0) is 62.1 Å². The zero-order valence-corrected chi connectivity index (χ0v) is 17.0. The van der Waals surface area contributed by atoms with E-state index in [9.17, 15) is 4.79 Å². The van der Waals surface area contributed by atoms with Gasteiger partial charge in [0.2, 0.25) is 0 Å². The summed E-state index contributed by atoms with van der Waals surface area (Å²) in [5, 5.41) is 0.887. The molecule has 0 spiro atoms. The molecule has 0 aliphatic carbocycles. The molecule has 1 aliphatic rings. The van der Waals surface area contributed by atoms with Crippen LogP contribution in [0.3, 0.4) is 0 Å². The maximum atomic E-state index is 13.5. The summed E-state index contributed by atoms with van der Waals surface area (Å²) in [5.74, 6) is 1.20. The number of likely N-dealkylation sites (tertiary alicyclic amines) is 1. The summed E-state index contributed by atoms with van der Waals surface area (Å²) in [6.45, 7) is 3.52. The molecule has 4 rings (SSSR count). The molecule has 1 fully saturated rings. The van der Waals surface area contributed by atoms with Gasteiger partial charge in [0.05, 0.1) is 23.9 Å². The van der Waals surface area contributed by atoms with E-state index in [1.807, 2.05) is 66.4 Å². The Balaban J connectivity index is 1.75. The average Bonchev–Trinajstić information content (AvgIpc) is 2.78. The molecule has 1 aromatic heterocycles. The second-order valence-corrected chi connectivity index (χ2v) is 7.81. The number of pyridine rings is 1. The molecule has 2 N–H and O–H groups in total. The Labute approximate surface area is 171 Å². The van der Waals surface area contributed by atoms with Crippen LogP contribution in [-0.2, 0) is 0 Å². The molecule has 1 saturated heterocycles. The first-order valence-corrected chi connectivity index (χ1v) is 10.2. The monoisotopic (exact) mass is 389 g/mol. The fourth-order valence-electron chi connectivity index (χ4n) is 4.06. The highest BCUT2D eigenvalue weighted by Crippen LogP contribution is 2.28. The Bertz CT molecular complexity index is 1010. The van der Waals surface area contributed by atoms with Crippen molar-refractivity contribution >= 4 is 16.8 Å². The molecule has 150 valence electrons. The van der Waals surface area contributed by atoms with Gasteiger partial charge in [-0.25, -0.2) is 4.98 Å². The number of carbonyl (C=O) groups is 1. The third-order valence-corrected chi connectivity index (χ3v) is 5.82. The second-order valence-electron chi connectivity index (χ2n) is 7.81. The minimum Gasteiger partial charge on any atom is -0.497 e. The average molecular weight is 389 g/mol. The van der Waals surface area contributed by atoms with E-state index < -0.39 is 0 Å². The fourth-order valence-corrected chi connectivity index (χ4v) is 4.06. The maximum Gasteiger partial charge on any atom is 0.254 e. The number of carbonyl (C=O) groups excluding carboxylic acids is 1. The number of nitrogens with zero attached hydrogens (tertiary/aromatic N) is 2. The van der Waals surface area contributed by atoms with E-state index in [2.05, 4.69) is 0 Å². The second kappa shape index (κ2) is 8.21. The highest BCUT2D eigenvalue weighted by molar-refractivity contribution is 6.07. The van der Waals surface area contributed by atoms with Crippen molar-refractivity contribution in [1.82, 2.24) is 9.88 Å². The minimum atomic E-state index is 0.0590. The molecule has 2 heterocycles. The molecule has 0 saturated carbocycles. The van der Waals surface area contributed by atoms with Crippen LogP contribution in [-0.4, -0.2) is 42.0 Å². The third-order valence-electron chi connectivity index (χ3n) is 5.82. The number of para-hydroxylation sites is 1. The lowest BCUT2D eigenvalue weighted by Gasteiger charge is -2.35. The minimum absolute atomic E-state index is 0.0590. The van der Waals surface area contributed by atoms with Gasteiger partial charge < -0.3 is 15.4 Å². The van der Waals surface area contributed by atoms with Gasteiger partial charge >= 0.3 is 0 Å². The smallest absolute Gasteiger partial charge is 0.254 e. The Hall–Kier alpha value is -2.92. The third kappa shape index (κ3) is 3.96. The van der Waals surface area contributed by atoms with Gasteiger partial charge in [0, 0.05) is 30.1 Å². The van der Waals surface area contributed by atoms with Crippen LogP contribution in [0.4, 0.5) is 0 Å². The fraction of sp³-hybridized carbons (Fsp3) is 0.333. The number of piperidine rings is 1. The number of aromatic nitrogens is 1. The summed E-state index contributed by atoms with van der Waals surface area (Å²) in [5.41, 5.74) is 9.39. The lowest BCUT2D eigenvalue weighted by atomic mass is 9.91. The van der Waals surface area contributed by atoms with Crippen LogP contribution in [0, 0.1) is 5.92 Å². The first kappa shape index (κ1) is 19.4. The Morgan fingerprint density at radius 1 is 1.21 bits per heavy atom. The summed E-state index contributed by atoms with van der Waals surface area (Å²) < 4.78 is 5.25. The van der Waals surface area contributed by atoms with Gasteiger partial charge in [-0.15, -0.1) is 0 Å². The van der Waals surface area contributed by atoms with Crippen LogP contribution < -0.4 is 10.5 Å². The first-order valence-electron chi connectivity index (χ1n) is 10.2. The van der Waals surface area contributed by atoms with Crippen LogP contribution in [0.2, 0.25) is 0 Å². The molecular weight excluding hydrogens is 362 g/mol. The number of benzene rings is 2. The van der Waals surface area contributed by atoms with Crippen molar-refractivity contribution in [1.29, 1.82) is 0 Å². The summed E-state index contributed by atoms with van der Waals surface area (Å²) >= 11 is 0. The summed E-state index contributed by atoms with van der Waals surface area (Å²) in [6.07, 6.45) is 2.07. The number of nitrogens with two attached hydrogens (primary N) is 1. The number of fused-ring (bicyclic) bond motifs is 1. The van der Waals surface area contributed by atoms with E-state index in [0.29, 0.717) is 18.0 Å². The molecule has 5 heteroatoms. The Kier molecular flexibility index (Phi) is 5.49. The van der Waals surface area contributed by atoms with E-state index in [1.165, 1.54) is 0 Å². The summed E-state index contributed by atoms with van der Waals surface area (Å²) in [6, 6.07) is 17.6. The van der Waals surface area contributed by atoms with Crippen LogP contribution >= 0.6 is 0 Å². The van der Waals surface area contributed by atoms with E-state index in [0.717, 1.165) is 47.3 Å². The van der Waals surface area contributed by atoms with Crippen LogP contribution in [0.5, 0.6) is 5.75 Å². The van der Waals surface area contributed by atoms with Crippen LogP contribution in [0.15, 0.2) is 54.6 Å². The predicted octanol–water partition coefficient (Wildman–Crippen LogP) is 4.11. The molecule has 1 amide bonds. The largest absolute Gasteiger partial charge is 0.497 e. The Morgan fingerprint density at radius 2 is 1.97 bits per heavy atom. The van der Waals surface area contributed by atoms with Gasteiger partial charge in [0.25, 0.3) is 5.91 Å². The number of amides is 1. The van der Waals surface area contributed by atoms with E-state index in [1.54, 1.807) is 7.11 Å². The number of hydrogen-bond donors (Lipinski definition) is 1. The number of hydrogen-bond acceptors (Lipinski definition) is 4. The highest BCUT2D eigenvalue weighted by Gasteiger charge is 2.27. The van der Waals surface area contributed by atoms with Crippen molar-refractivity contribution in [3.8, 4) is 17.0 Å². The van der Waals surface area contributed by atoms with Gasteiger partial charge in [0.1, 0.15) is 5.75 Å². The molecule has 3 aromatic rings. The normalized spacial score (nSPS) is 17.9. The molecule has 2 aromatic carbocycles. The first-order chi connectivity index (χ1) is 14.1. The number of ether oxygens (including phenoxy) is 1. The molecule has 0 radical (unpaired) electrons.